The average Bonchev–Trinajstić information content (AvgIpc) is 2.32. The smallest absolute Gasteiger partial charge is 0.350 e. The van der Waals surface area contributed by atoms with Gasteiger partial charge in [0.25, 0.3) is 5.79 Å². The molecule has 0 spiro atoms. The Hall–Kier alpha value is -2.57. The summed E-state index contributed by atoms with van der Waals surface area (Å²) in [4.78, 5) is 23.4. The van der Waals surface area contributed by atoms with Gasteiger partial charge in [-0.2, -0.15) is 0 Å². The minimum atomic E-state index is -1.31. The highest BCUT2D eigenvalue weighted by atomic mass is 19.1. The summed E-state index contributed by atoms with van der Waals surface area (Å²) in [6.07, 6.45) is 1.10. The van der Waals surface area contributed by atoms with E-state index in [0.29, 0.717) is 11.3 Å². The molecular weight excluding hydrogens is 281 g/mol. The van der Waals surface area contributed by atoms with E-state index < -0.39 is 29.3 Å². The first-order valence-corrected chi connectivity index (χ1v) is 6.12. The Balaban J connectivity index is 2.24. The van der Waals surface area contributed by atoms with Crippen molar-refractivity contribution in [3.05, 3.63) is 35.3 Å². The van der Waals surface area contributed by atoms with E-state index in [9.17, 15) is 19.1 Å². The Morgan fingerprint density at radius 3 is 2.38 bits per heavy atom. The van der Waals surface area contributed by atoms with Crippen LogP contribution in [0.1, 0.15) is 19.4 Å². The van der Waals surface area contributed by atoms with E-state index >= 15 is 0 Å². The highest BCUT2D eigenvalue weighted by molar-refractivity contribution is 6.15. The van der Waals surface area contributed by atoms with Crippen LogP contribution in [-0.2, 0) is 19.1 Å². The van der Waals surface area contributed by atoms with Crippen LogP contribution < -0.4 is 5.32 Å². The van der Waals surface area contributed by atoms with Crippen LogP contribution in [0.15, 0.2) is 23.9 Å². The van der Waals surface area contributed by atoms with E-state index in [1.54, 1.807) is 6.92 Å². The Morgan fingerprint density at radius 2 is 1.81 bits per heavy atom. The fourth-order valence-electron chi connectivity index (χ4n) is 1.75. The summed E-state index contributed by atoms with van der Waals surface area (Å²) in [6.45, 7) is 4.48. The van der Waals surface area contributed by atoms with Gasteiger partial charge < -0.3 is 19.9 Å². The van der Waals surface area contributed by atoms with Gasteiger partial charge in [-0.25, -0.2) is 14.0 Å². The second kappa shape index (κ2) is 5.08. The molecule has 6 nitrogen and oxygen atoms in total. The number of hydrogen-bond acceptors (Lipinski definition) is 6. The van der Waals surface area contributed by atoms with Gasteiger partial charge in [-0.3, -0.25) is 0 Å². The zero-order valence-corrected chi connectivity index (χ0v) is 11.7. The molecule has 0 amide bonds. The Labute approximate surface area is 120 Å². The third-order valence-electron chi connectivity index (χ3n) is 2.78. The van der Waals surface area contributed by atoms with Crippen LogP contribution in [0, 0.1) is 12.7 Å². The SMILES string of the molecule is Cc1cc(F)c(O)cc1NC=C1C(=O)OC(C)(C)OC1=O. The molecule has 0 aromatic heterocycles. The maximum absolute atomic E-state index is 13.1. The number of halogens is 1. The van der Waals surface area contributed by atoms with Crippen LogP contribution in [0.2, 0.25) is 0 Å². The molecule has 1 aliphatic rings. The van der Waals surface area contributed by atoms with Crippen molar-refractivity contribution in [3.8, 4) is 5.75 Å². The molecule has 1 aromatic rings. The van der Waals surface area contributed by atoms with Crippen molar-refractivity contribution in [1.82, 2.24) is 0 Å². The lowest BCUT2D eigenvalue weighted by Gasteiger charge is -2.29. The number of nitrogens with one attached hydrogen (secondary N) is 1. The highest BCUT2D eigenvalue weighted by Gasteiger charge is 2.38. The van der Waals surface area contributed by atoms with Crippen molar-refractivity contribution in [2.75, 3.05) is 5.32 Å². The normalized spacial score (nSPS) is 17.0. The maximum Gasteiger partial charge on any atom is 0.350 e. The molecule has 2 rings (SSSR count). The van der Waals surface area contributed by atoms with Gasteiger partial charge in [0.2, 0.25) is 0 Å². The van der Waals surface area contributed by atoms with Gasteiger partial charge in [0.05, 0.1) is 0 Å². The van der Waals surface area contributed by atoms with Gasteiger partial charge in [-0.05, 0) is 18.6 Å². The number of aromatic hydroxyl groups is 1. The van der Waals surface area contributed by atoms with Crippen LogP contribution >= 0.6 is 0 Å². The fourth-order valence-corrected chi connectivity index (χ4v) is 1.75. The van der Waals surface area contributed by atoms with Crippen molar-refractivity contribution >= 4 is 17.6 Å². The summed E-state index contributed by atoms with van der Waals surface area (Å²) in [5.41, 5.74) is 0.504. The van der Waals surface area contributed by atoms with E-state index in [-0.39, 0.29) is 5.57 Å². The van der Waals surface area contributed by atoms with E-state index in [1.807, 2.05) is 0 Å². The zero-order valence-electron chi connectivity index (χ0n) is 11.7. The molecule has 21 heavy (non-hydrogen) atoms. The van der Waals surface area contributed by atoms with E-state index in [2.05, 4.69) is 5.32 Å². The highest BCUT2D eigenvalue weighted by Crippen LogP contribution is 2.26. The lowest BCUT2D eigenvalue weighted by molar-refractivity contribution is -0.222. The second-order valence-corrected chi connectivity index (χ2v) is 5.00. The van der Waals surface area contributed by atoms with Gasteiger partial charge in [0, 0.05) is 31.8 Å². The molecule has 1 heterocycles. The minimum Gasteiger partial charge on any atom is -0.505 e. The molecule has 2 N–H and O–H groups in total. The van der Waals surface area contributed by atoms with Gasteiger partial charge in [0.1, 0.15) is 0 Å². The number of cyclic esters (lactones) is 2. The molecule has 1 saturated heterocycles. The first-order chi connectivity index (χ1) is 9.69. The number of benzene rings is 1. The molecule has 0 unspecified atom stereocenters. The molecule has 1 aliphatic heterocycles. The van der Waals surface area contributed by atoms with Crippen molar-refractivity contribution in [2.45, 2.75) is 26.6 Å². The Bertz CT molecular complexity index is 629. The first-order valence-electron chi connectivity index (χ1n) is 6.12. The Kier molecular flexibility index (Phi) is 3.59. The quantitative estimate of drug-likeness (QED) is 0.493. The number of carbonyl (C=O) groups excluding carboxylic acids is 2. The summed E-state index contributed by atoms with van der Waals surface area (Å²) in [5, 5.41) is 12.0. The Morgan fingerprint density at radius 1 is 1.24 bits per heavy atom. The average molecular weight is 295 g/mol. The van der Waals surface area contributed by atoms with Gasteiger partial charge in [-0.1, -0.05) is 0 Å². The molecule has 0 aliphatic carbocycles. The maximum atomic E-state index is 13.1. The number of ether oxygens (including phenoxy) is 2. The van der Waals surface area contributed by atoms with Crippen LogP contribution in [0.25, 0.3) is 0 Å². The van der Waals surface area contributed by atoms with Gasteiger partial charge in [0.15, 0.2) is 17.1 Å². The number of phenolic OH excluding ortho intramolecular Hbond substituents is 1. The van der Waals surface area contributed by atoms with Crippen LogP contribution in [0.4, 0.5) is 10.1 Å². The number of carbonyl (C=O) groups is 2. The number of hydrogen-bond donors (Lipinski definition) is 2. The first kappa shape index (κ1) is 14.8. The zero-order chi connectivity index (χ0) is 15.8. The molecule has 112 valence electrons. The molecule has 7 heteroatoms. The summed E-state index contributed by atoms with van der Waals surface area (Å²) in [7, 11) is 0. The number of rotatable bonds is 2. The van der Waals surface area contributed by atoms with Crippen LogP contribution in [0.3, 0.4) is 0 Å². The molecule has 0 radical (unpaired) electrons. The third-order valence-corrected chi connectivity index (χ3v) is 2.78. The van der Waals surface area contributed by atoms with E-state index in [4.69, 9.17) is 9.47 Å². The number of esters is 2. The molecule has 1 aromatic carbocycles. The summed E-state index contributed by atoms with van der Waals surface area (Å²) in [6, 6.07) is 2.27. The number of aryl methyl sites for hydroxylation is 1. The molecule has 1 fully saturated rings. The van der Waals surface area contributed by atoms with Crippen LogP contribution in [-0.4, -0.2) is 22.8 Å². The molecule has 0 saturated carbocycles. The lowest BCUT2D eigenvalue weighted by atomic mass is 10.1. The molecule has 0 atom stereocenters. The van der Waals surface area contributed by atoms with Crippen molar-refractivity contribution in [3.63, 3.8) is 0 Å². The van der Waals surface area contributed by atoms with Crippen molar-refractivity contribution in [1.29, 1.82) is 0 Å². The lowest BCUT2D eigenvalue weighted by Crippen LogP contribution is -2.42. The molecular formula is C14H14FNO5. The standard InChI is InChI=1S/C14H14FNO5/c1-7-4-9(15)11(17)5-10(7)16-6-8-12(18)20-14(2,3)21-13(8)19/h4-6,16-17H,1-3H3. The largest absolute Gasteiger partial charge is 0.505 e. The van der Waals surface area contributed by atoms with E-state index in [0.717, 1.165) is 18.3 Å². The summed E-state index contributed by atoms with van der Waals surface area (Å²) < 4.78 is 23.0. The minimum absolute atomic E-state index is 0.322. The number of phenols is 1. The fraction of sp³-hybridized carbons (Fsp3) is 0.286. The van der Waals surface area contributed by atoms with Crippen molar-refractivity contribution < 1.29 is 28.6 Å². The third kappa shape index (κ3) is 3.13. The molecule has 0 bridgehead atoms. The van der Waals surface area contributed by atoms with Gasteiger partial charge >= 0.3 is 11.9 Å². The van der Waals surface area contributed by atoms with Gasteiger partial charge in [-0.15, -0.1) is 0 Å². The predicted octanol–water partition coefficient (Wildman–Crippen LogP) is 1.97. The number of anilines is 1. The monoisotopic (exact) mass is 295 g/mol. The predicted molar refractivity (Wildman–Crippen MR) is 70.8 cm³/mol. The van der Waals surface area contributed by atoms with Crippen molar-refractivity contribution in [2.24, 2.45) is 0 Å². The second-order valence-electron chi connectivity index (χ2n) is 5.00. The van der Waals surface area contributed by atoms with Crippen LogP contribution in [0.5, 0.6) is 5.75 Å². The van der Waals surface area contributed by atoms with E-state index in [1.165, 1.54) is 13.8 Å². The summed E-state index contributed by atoms with van der Waals surface area (Å²) >= 11 is 0. The topological polar surface area (TPSA) is 84.9 Å². The summed E-state index contributed by atoms with van der Waals surface area (Å²) in [5.74, 6) is -4.27.